The van der Waals surface area contributed by atoms with E-state index >= 15 is 0 Å². The molecule has 0 aromatic heterocycles. The van der Waals surface area contributed by atoms with E-state index in [4.69, 9.17) is 17.3 Å². The zero-order chi connectivity index (χ0) is 16.0. The number of rotatable bonds is 7. The van der Waals surface area contributed by atoms with Crippen molar-refractivity contribution in [3.63, 3.8) is 0 Å². The first-order valence-electron chi connectivity index (χ1n) is 7.03. The standard InChI is InChI=1S/C15H23ClN2O2S/c1-10(2)11(3)21(20)8-4-5-15(19)18-14-7-6-12(17)9-13(14)16/h6-7,9-11H,4-5,8,17H2,1-3H3,(H,18,19). The Hall–Kier alpha value is -1.07. The molecule has 0 saturated carbocycles. The van der Waals surface area contributed by atoms with Gasteiger partial charge in [0, 0.05) is 33.9 Å². The van der Waals surface area contributed by atoms with Crippen molar-refractivity contribution < 1.29 is 9.00 Å². The van der Waals surface area contributed by atoms with E-state index in [0.717, 1.165) is 0 Å². The number of hydrogen-bond donors (Lipinski definition) is 2. The first-order chi connectivity index (χ1) is 9.81. The van der Waals surface area contributed by atoms with Crippen molar-refractivity contribution in [3.05, 3.63) is 23.2 Å². The van der Waals surface area contributed by atoms with E-state index < -0.39 is 10.8 Å². The lowest BCUT2D eigenvalue weighted by molar-refractivity contribution is -0.116. The summed E-state index contributed by atoms with van der Waals surface area (Å²) < 4.78 is 12.0. The van der Waals surface area contributed by atoms with Gasteiger partial charge in [-0.05, 0) is 30.5 Å². The summed E-state index contributed by atoms with van der Waals surface area (Å²) in [6.45, 7) is 6.09. The lowest BCUT2D eigenvalue weighted by Gasteiger charge is -2.14. The fourth-order valence-corrected chi connectivity index (χ4v) is 3.35. The van der Waals surface area contributed by atoms with Crippen LogP contribution in [-0.2, 0) is 15.6 Å². The molecule has 0 bridgehead atoms. The summed E-state index contributed by atoms with van der Waals surface area (Å²) in [5.74, 6) is 0.798. The van der Waals surface area contributed by atoms with Gasteiger partial charge in [0.25, 0.3) is 0 Å². The van der Waals surface area contributed by atoms with Crippen molar-refractivity contribution in [2.24, 2.45) is 5.92 Å². The van der Waals surface area contributed by atoms with Crippen LogP contribution in [0.15, 0.2) is 18.2 Å². The lowest BCUT2D eigenvalue weighted by Crippen LogP contribution is -2.21. The Balaban J connectivity index is 2.39. The first-order valence-corrected chi connectivity index (χ1v) is 8.79. The van der Waals surface area contributed by atoms with Gasteiger partial charge < -0.3 is 11.1 Å². The Morgan fingerprint density at radius 3 is 2.62 bits per heavy atom. The predicted octanol–water partition coefficient (Wildman–Crippen LogP) is 3.43. The van der Waals surface area contributed by atoms with E-state index in [2.05, 4.69) is 19.2 Å². The quantitative estimate of drug-likeness (QED) is 0.752. The maximum absolute atomic E-state index is 12.0. The molecule has 0 aliphatic heterocycles. The zero-order valence-corrected chi connectivity index (χ0v) is 14.3. The molecule has 3 N–H and O–H groups in total. The van der Waals surface area contributed by atoms with Gasteiger partial charge in [-0.25, -0.2) is 0 Å². The molecule has 1 amide bonds. The second-order valence-electron chi connectivity index (χ2n) is 5.43. The van der Waals surface area contributed by atoms with Crippen LogP contribution in [0.4, 0.5) is 11.4 Å². The lowest BCUT2D eigenvalue weighted by atomic mass is 10.2. The monoisotopic (exact) mass is 330 g/mol. The van der Waals surface area contributed by atoms with Crippen LogP contribution in [0.5, 0.6) is 0 Å². The Labute approximate surface area is 133 Å². The van der Waals surface area contributed by atoms with Gasteiger partial charge in [0.1, 0.15) is 0 Å². The van der Waals surface area contributed by atoms with Gasteiger partial charge in [0.2, 0.25) is 5.91 Å². The molecule has 0 aliphatic rings. The molecule has 0 radical (unpaired) electrons. The second-order valence-corrected chi connectivity index (χ2v) is 7.75. The molecule has 0 saturated heterocycles. The summed E-state index contributed by atoms with van der Waals surface area (Å²) in [7, 11) is -0.888. The Morgan fingerprint density at radius 2 is 2.05 bits per heavy atom. The van der Waals surface area contributed by atoms with E-state index in [1.807, 2.05) is 6.92 Å². The fraction of sp³-hybridized carbons (Fsp3) is 0.533. The molecule has 118 valence electrons. The maximum atomic E-state index is 12.0. The van der Waals surface area contributed by atoms with E-state index in [1.54, 1.807) is 18.2 Å². The average Bonchev–Trinajstić information content (AvgIpc) is 2.40. The summed E-state index contributed by atoms with van der Waals surface area (Å²) in [5.41, 5.74) is 6.69. The van der Waals surface area contributed by atoms with Gasteiger partial charge in [-0.3, -0.25) is 9.00 Å². The summed E-state index contributed by atoms with van der Waals surface area (Å²) in [6.07, 6.45) is 0.930. The highest BCUT2D eigenvalue weighted by Gasteiger charge is 2.15. The number of carbonyl (C=O) groups is 1. The van der Waals surface area contributed by atoms with Crippen LogP contribution in [0.25, 0.3) is 0 Å². The summed E-state index contributed by atoms with van der Waals surface area (Å²) >= 11 is 5.99. The number of benzene rings is 1. The summed E-state index contributed by atoms with van der Waals surface area (Å²) in [5, 5.41) is 3.31. The number of anilines is 2. The molecule has 0 spiro atoms. The molecule has 4 nitrogen and oxygen atoms in total. The third-order valence-electron chi connectivity index (χ3n) is 3.37. The van der Waals surface area contributed by atoms with Crippen molar-refractivity contribution in [2.45, 2.75) is 38.9 Å². The van der Waals surface area contributed by atoms with Gasteiger partial charge in [-0.1, -0.05) is 32.4 Å². The largest absolute Gasteiger partial charge is 0.399 e. The van der Waals surface area contributed by atoms with Gasteiger partial charge in [-0.2, -0.15) is 0 Å². The smallest absolute Gasteiger partial charge is 0.224 e. The minimum atomic E-state index is -0.888. The minimum Gasteiger partial charge on any atom is -0.399 e. The first kappa shape index (κ1) is 18.0. The second kappa shape index (κ2) is 8.39. The van der Waals surface area contributed by atoms with Crippen molar-refractivity contribution in [1.82, 2.24) is 0 Å². The molecule has 2 unspecified atom stereocenters. The van der Waals surface area contributed by atoms with Crippen molar-refractivity contribution in [2.75, 3.05) is 16.8 Å². The van der Waals surface area contributed by atoms with Crippen LogP contribution < -0.4 is 11.1 Å². The van der Waals surface area contributed by atoms with Gasteiger partial charge >= 0.3 is 0 Å². The van der Waals surface area contributed by atoms with Gasteiger partial charge in [0.15, 0.2) is 0 Å². The number of nitrogen functional groups attached to an aromatic ring is 1. The van der Waals surface area contributed by atoms with Crippen molar-refractivity contribution >= 4 is 39.7 Å². The third-order valence-corrected chi connectivity index (χ3v) is 5.75. The fourth-order valence-electron chi connectivity index (χ4n) is 1.71. The van der Waals surface area contributed by atoms with Crippen molar-refractivity contribution in [1.29, 1.82) is 0 Å². The molecular formula is C15H23ClN2O2S. The highest BCUT2D eigenvalue weighted by molar-refractivity contribution is 7.85. The minimum absolute atomic E-state index is 0.129. The van der Waals surface area contributed by atoms with E-state index in [9.17, 15) is 9.00 Å². The van der Waals surface area contributed by atoms with Crippen LogP contribution in [0, 0.1) is 5.92 Å². The molecule has 0 heterocycles. The third kappa shape index (κ3) is 6.06. The highest BCUT2D eigenvalue weighted by atomic mass is 35.5. The van der Waals surface area contributed by atoms with E-state index in [1.165, 1.54) is 0 Å². The molecule has 21 heavy (non-hydrogen) atoms. The zero-order valence-electron chi connectivity index (χ0n) is 12.7. The molecule has 0 aliphatic carbocycles. The number of nitrogens with two attached hydrogens (primary N) is 1. The molecule has 0 fully saturated rings. The Morgan fingerprint density at radius 1 is 1.38 bits per heavy atom. The number of hydrogen-bond acceptors (Lipinski definition) is 3. The van der Waals surface area contributed by atoms with Crippen LogP contribution in [0.3, 0.4) is 0 Å². The summed E-state index contributed by atoms with van der Waals surface area (Å²) in [4.78, 5) is 11.8. The highest BCUT2D eigenvalue weighted by Crippen LogP contribution is 2.24. The molecule has 1 aromatic rings. The number of halogens is 1. The number of nitrogens with one attached hydrogen (secondary N) is 1. The van der Waals surface area contributed by atoms with Gasteiger partial charge in [-0.15, -0.1) is 0 Å². The van der Waals surface area contributed by atoms with Crippen LogP contribution in [-0.4, -0.2) is 21.1 Å². The molecule has 2 atom stereocenters. The Bertz CT molecular complexity index is 520. The predicted molar refractivity (Wildman–Crippen MR) is 91.0 cm³/mol. The number of carbonyl (C=O) groups excluding carboxylic acids is 1. The SMILES string of the molecule is CC(C)C(C)S(=O)CCCC(=O)Nc1ccc(N)cc1Cl. The molecular weight excluding hydrogens is 308 g/mol. The van der Waals surface area contributed by atoms with E-state index in [0.29, 0.717) is 40.9 Å². The Kier molecular flexibility index (Phi) is 7.18. The maximum Gasteiger partial charge on any atom is 0.224 e. The van der Waals surface area contributed by atoms with Gasteiger partial charge in [0.05, 0.1) is 10.7 Å². The molecule has 1 rings (SSSR count). The summed E-state index contributed by atoms with van der Waals surface area (Å²) in [6, 6.07) is 4.95. The topological polar surface area (TPSA) is 72.2 Å². The number of amides is 1. The van der Waals surface area contributed by atoms with Crippen LogP contribution in [0.2, 0.25) is 5.02 Å². The molecule has 6 heteroatoms. The van der Waals surface area contributed by atoms with Crippen LogP contribution >= 0.6 is 11.6 Å². The van der Waals surface area contributed by atoms with Crippen LogP contribution in [0.1, 0.15) is 33.6 Å². The molecule has 1 aromatic carbocycles. The average molecular weight is 331 g/mol. The van der Waals surface area contributed by atoms with Crippen molar-refractivity contribution in [3.8, 4) is 0 Å². The normalized spacial score (nSPS) is 14.0. The van der Waals surface area contributed by atoms with E-state index in [-0.39, 0.29) is 11.2 Å².